The van der Waals surface area contributed by atoms with Crippen LogP contribution in [0.1, 0.15) is 17.4 Å². The number of hydrogen-bond acceptors (Lipinski definition) is 3. The first-order valence-corrected chi connectivity index (χ1v) is 8.25. The molecular weight excluding hydrogens is 280 g/mol. The predicted octanol–water partition coefficient (Wildman–Crippen LogP) is 3.08. The van der Waals surface area contributed by atoms with Crippen LogP contribution in [0.2, 0.25) is 0 Å². The van der Waals surface area contributed by atoms with Crippen molar-refractivity contribution >= 4 is 22.9 Å². The van der Waals surface area contributed by atoms with Crippen molar-refractivity contribution in [3.05, 3.63) is 52.2 Å². The number of anilines is 1. The zero-order valence-corrected chi connectivity index (χ0v) is 13.0. The monoisotopic (exact) mass is 300 g/mol. The molecule has 2 atom stereocenters. The van der Waals surface area contributed by atoms with Crippen molar-refractivity contribution in [3.63, 3.8) is 0 Å². The normalized spacial score (nSPS) is 18.4. The Hall–Kier alpha value is -1.81. The van der Waals surface area contributed by atoms with E-state index < -0.39 is 0 Å². The average Bonchev–Trinajstić information content (AvgIpc) is 2.99. The number of para-hydroxylation sites is 1. The van der Waals surface area contributed by atoms with E-state index in [4.69, 9.17) is 0 Å². The molecule has 2 N–H and O–H groups in total. The van der Waals surface area contributed by atoms with Gasteiger partial charge in [0.05, 0.1) is 5.92 Å². The zero-order chi connectivity index (χ0) is 14.7. The average molecular weight is 300 g/mol. The quantitative estimate of drug-likeness (QED) is 0.911. The van der Waals surface area contributed by atoms with Crippen LogP contribution in [-0.4, -0.2) is 18.5 Å². The molecule has 1 aromatic carbocycles. The first kappa shape index (κ1) is 14.1. The summed E-state index contributed by atoms with van der Waals surface area (Å²) in [6.07, 6.45) is 1.72. The maximum Gasteiger partial charge on any atom is 0.225 e. The lowest BCUT2D eigenvalue weighted by molar-refractivity contribution is -0.125. The van der Waals surface area contributed by atoms with Gasteiger partial charge in [-0.2, -0.15) is 0 Å². The van der Waals surface area contributed by atoms with Gasteiger partial charge in [0.1, 0.15) is 0 Å². The third-order valence-electron chi connectivity index (χ3n) is 3.87. The van der Waals surface area contributed by atoms with Gasteiger partial charge in [-0.05, 0) is 36.4 Å². The van der Waals surface area contributed by atoms with Gasteiger partial charge >= 0.3 is 0 Å². The van der Waals surface area contributed by atoms with Crippen molar-refractivity contribution in [1.29, 1.82) is 0 Å². The summed E-state index contributed by atoms with van der Waals surface area (Å²) < 4.78 is 0. The maximum absolute atomic E-state index is 12.4. The Bertz CT molecular complexity index is 609. The molecule has 2 unspecified atom stereocenters. The molecule has 4 heteroatoms. The van der Waals surface area contributed by atoms with Crippen LogP contribution in [0.4, 0.5) is 5.69 Å². The second-order valence-electron chi connectivity index (χ2n) is 5.63. The van der Waals surface area contributed by atoms with Crippen LogP contribution in [0.3, 0.4) is 0 Å². The van der Waals surface area contributed by atoms with E-state index in [0.717, 1.165) is 18.5 Å². The highest BCUT2D eigenvalue weighted by Crippen LogP contribution is 2.24. The van der Waals surface area contributed by atoms with Crippen LogP contribution in [-0.2, 0) is 17.6 Å². The van der Waals surface area contributed by atoms with Crippen molar-refractivity contribution in [3.8, 4) is 0 Å². The molecule has 0 saturated carbocycles. The van der Waals surface area contributed by atoms with E-state index in [1.54, 1.807) is 11.3 Å². The molecule has 2 heterocycles. The Morgan fingerprint density at radius 2 is 2.24 bits per heavy atom. The second-order valence-corrected chi connectivity index (χ2v) is 6.66. The van der Waals surface area contributed by atoms with Gasteiger partial charge in [-0.25, -0.2) is 0 Å². The molecule has 3 rings (SSSR count). The first-order chi connectivity index (χ1) is 10.2. The second kappa shape index (κ2) is 6.31. The summed E-state index contributed by atoms with van der Waals surface area (Å²) in [7, 11) is 0. The summed E-state index contributed by atoms with van der Waals surface area (Å²) in [4.78, 5) is 13.7. The van der Waals surface area contributed by atoms with Crippen molar-refractivity contribution in [2.45, 2.75) is 25.8 Å². The molecule has 0 bridgehead atoms. The third-order valence-corrected chi connectivity index (χ3v) is 4.77. The Kier molecular flexibility index (Phi) is 4.25. The molecule has 0 aliphatic carbocycles. The molecule has 0 saturated heterocycles. The van der Waals surface area contributed by atoms with Crippen LogP contribution < -0.4 is 10.6 Å². The molecule has 1 amide bonds. The van der Waals surface area contributed by atoms with E-state index >= 15 is 0 Å². The molecule has 0 spiro atoms. The third kappa shape index (κ3) is 3.45. The topological polar surface area (TPSA) is 41.1 Å². The fourth-order valence-corrected chi connectivity index (χ4v) is 3.60. The number of benzene rings is 1. The number of rotatable bonds is 4. The molecule has 1 aromatic heterocycles. The fourth-order valence-electron chi connectivity index (χ4n) is 2.77. The summed E-state index contributed by atoms with van der Waals surface area (Å²) in [5.41, 5.74) is 2.39. The van der Waals surface area contributed by atoms with E-state index in [1.807, 2.05) is 12.1 Å². The van der Waals surface area contributed by atoms with Gasteiger partial charge in [-0.3, -0.25) is 4.79 Å². The van der Waals surface area contributed by atoms with Crippen LogP contribution in [0.15, 0.2) is 41.8 Å². The molecule has 2 aromatic rings. The zero-order valence-electron chi connectivity index (χ0n) is 12.1. The number of thiophene rings is 1. The Morgan fingerprint density at radius 1 is 1.38 bits per heavy atom. The molecule has 3 nitrogen and oxygen atoms in total. The molecule has 0 fully saturated rings. The van der Waals surface area contributed by atoms with Gasteiger partial charge in [0.2, 0.25) is 5.91 Å². The van der Waals surface area contributed by atoms with Gasteiger partial charge < -0.3 is 10.6 Å². The lowest BCUT2D eigenvalue weighted by Gasteiger charge is -2.26. The van der Waals surface area contributed by atoms with Gasteiger partial charge in [-0.1, -0.05) is 24.3 Å². The van der Waals surface area contributed by atoms with Crippen LogP contribution in [0.25, 0.3) is 0 Å². The maximum atomic E-state index is 12.4. The lowest BCUT2D eigenvalue weighted by atomic mass is 9.93. The Labute approximate surface area is 129 Å². The highest BCUT2D eigenvalue weighted by Gasteiger charge is 2.25. The number of amides is 1. The van der Waals surface area contributed by atoms with Crippen molar-refractivity contribution in [1.82, 2.24) is 5.32 Å². The van der Waals surface area contributed by atoms with Crippen LogP contribution in [0, 0.1) is 5.92 Å². The van der Waals surface area contributed by atoms with Gasteiger partial charge in [0.25, 0.3) is 0 Å². The highest BCUT2D eigenvalue weighted by atomic mass is 32.1. The predicted molar refractivity (Wildman–Crippen MR) is 87.8 cm³/mol. The van der Waals surface area contributed by atoms with E-state index in [2.05, 4.69) is 47.2 Å². The largest absolute Gasteiger partial charge is 0.384 e. The number of carbonyl (C=O) groups is 1. The van der Waals surface area contributed by atoms with Gasteiger partial charge in [0.15, 0.2) is 0 Å². The standard InChI is InChI=1S/C17H20N2OS/c1-12(9-15-6-4-8-21-15)19-17(20)14-10-13-5-2-3-7-16(13)18-11-14/h2-8,12,14,18H,9-11H2,1H3,(H,19,20). The smallest absolute Gasteiger partial charge is 0.225 e. The van der Waals surface area contributed by atoms with Crippen molar-refractivity contribution in [2.24, 2.45) is 5.92 Å². The number of carbonyl (C=O) groups excluding carboxylic acids is 1. The van der Waals surface area contributed by atoms with Gasteiger partial charge in [-0.15, -0.1) is 11.3 Å². The van der Waals surface area contributed by atoms with Crippen LogP contribution in [0.5, 0.6) is 0 Å². The summed E-state index contributed by atoms with van der Waals surface area (Å²) in [6, 6.07) is 12.6. The van der Waals surface area contributed by atoms with Crippen LogP contribution >= 0.6 is 11.3 Å². The Balaban J connectivity index is 1.56. The highest BCUT2D eigenvalue weighted by molar-refractivity contribution is 7.09. The SMILES string of the molecule is CC(Cc1cccs1)NC(=O)C1CNc2ccccc2C1. The molecule has 21 heavy (non-hydrogen) atoms. The minimum Gasteiger partial charge on any atom is -0.384 e. The summed E-state index contributed by atoms with van der Waals surface area (Å²) in [6.45, 7) is 2.79. The molecular formula is C17H20N2OS. The van der Waals surface area contributed by atoms with E-state index in [-0.39, 0.29) is 17.9 Å². The minimum atomic E-state index is 0.0192. The minimum absolute atomic E-state index is 0.0192. The van der Waals surface area contributed by atoms with Crippen molar-refractivity contribution < 1.29 is 4.79 Å². The van der Waals surface area contributed by atoms with E-state index in [9.17, 15) is 4.79 Å². The molecule has 0 radical (unpaired) electrons. The summed E-state index contributed by atoms with van der Waals surface area (Å²) in [5, 5.41) is 8.58. The van der Waals surface area contributed by atoms with E-state index in [1.165, 1.54) is 10.4 Å². The number of fused-ring (bicyclic) bond motifs is 1. The Morgan fingerprint density at radius 3 is 3.05 bits per heavy atom. The summed E-state index contributed by atoms with van der Waals surface area (Å²) >= 11 is 1.74. The number of hydrogen-bond donors (Lipinski definition) is 2. The molecule has 1 aliphatic heterocycles. The first-order valence-electron chi connectivity index (χ1n) is 7.37. The van der Waals surface area contributed by atoms with Gasteiger partial charge in [0, 0.05) is 29.6 Å². The number of nitrogens with one attached hydrogen (secondary N) is 2. The fraction of sp³-hybridized carbons (Fsp3) is 0.353. The molecule has 110 valence electrons. The van der Waals surface area contributed by atoms with E-state index in [0.29, 0.717) is 6.54 Å². The molecule has 1 aliphatic rings. The lowest BCUT2D eigenvalue weighted by Crippen LogP contribution is -2.42. The van der Waals surface area contributed by atoms with Crippen molar-refractivity contribution in [2.75, 3.05) is 11.9 Å². The summed E-state index contributed by atoms with van der Waals surface area (Å²) in [5.74, 6) is 0.173.